The maximum atomic E-state index is 11.3. The fourth-order valence-corrected chi connectivity index (χ4v) is 1.51. The minimum absolute atomic E-state index is 0.0456. The maximum Gasteiger partial charge on any atom is 0.243 e. The fourth-order valence-electron chi connectivity index (χ4n) is 1.51. The van der Waals surface area contributed by atoms with E-state index in [1.807, 2.05) is 25.1 Å². The van der Waals surface area contributed by atoms with Crippen LogP contribution in [0.25, 0.3) is 0 Å². The standard InChI is InChI=1S/C15H19NO/c1-3-4-5-9-15(17)16-11-10-14-8-6-7-13(2)12-14/h3-9,12H,10-11H2,1-2H3,(H,16,17)/b4-3+,9-5?. The molecular weight excluding hydrogens is 210 g/mol. The van der Waals surface area contributed by atoms with Crippen molar-refractivity contribution in [3.8, 4) is 0 Å². The molecule has 0 heterocycles. The lowest BCUT2D eigenvalue weighted by Crippen LogP contribution is -2.23. The number of nitrogens with one attached hydrogen (secondary N) is 1. The molecule has 90 valence electrons. The first-order valence-electron chi connectivity index (χ1n) is 5.85. The number of hydrogen-bond donors (Lipinski definition) is 1. The van der Waals surface area contributed by atoms with Gasteiger partial charge in [0.2, 0.25) is 5.91 Å². The molecule has 0 aliphatic heterocycles. The summed E-state index contributed by atoms with van der Waals surface area (Å²) in [5, 5.41) is 2.85. The molecule has 0 spiro atoms. The number of aryl methyl sites for hydroxylation is 1. The number of allylic oxidation sites excluding steroid dienone is 3. The highest BCUT2D eigenvalue weighted by Crippen LogP contribution is 2.03. The van der Waals surface area contributed by atoms with Crippen LogP contribution in [0.3, 0.4) is 0 Å². The van der Waals surface area contributed by atoms with E-state index in [9.17, 15) is 4.79 Å². The van der Waals surface area contributed by atoms with Gasteiger partial charge < -0.3 is 5.32 Å². The molecule has 0 fully saturated rings. The molecule has 2 nitrogen and oxygen atoms in total. The zero-order chi connectivity index (χ0) is 12.5. The lowest BCUT2D eigenvalue weighted by Gasteiger charge is -2.03. The Labute approximate surface area is 103 Å². The Hall–Kier alpha value is -1.83. The monoisotopic (exact) mass is 229 g/mol. The van der Waals surface area contributed by atoms with Crippen molar-refractivity contribution >= 4 is 5.91 Å². The normalized spacial score (nSPS) is 11.2. The first-order valence-corrected chi connectivity index (χ1v) is 5.85. The van der Waals surface area contributed by atoms with Crippen LogP contribution in [0, 0.1) is 6.92 Å². The molecule has 0 aliphatic rings. The van der Waals surface area contributed by atoms with Crippen molar-refractivity contribution in [1.29, 1.82) is 0 Å². The molecular formula is C15H19NO. The van der Waals surface area contributed by atoms with Crippen LogP contribution in [0.1, 0.15) is 18.1 Å². The lowest BCUT2D eigenvalue weighted by molar-refractivity contribution is -0.116. The van der Waals surface area contributed by atoms with Crippen molar-refractivity contribution in [2.75, 3.05) is 6.54 Å². The minimum Gasteiger partial charge on any atom is -0.352 e. The van der Waals surface area contributed by atoms with E-state index >= 15 is 0 Å². The number of rotatable bonds is 5. The molecule has 1 aromatic rings. The third kappa shape index (κ3) is 5.71. The van der Waals surface area contributed by atoms with Gasteiger partial charge in [-0.05, 0) is 25.8 Å². The quantitative estimate of drug-likeness (QED) is 0.610. The largest absolute Gasteiger partial charge is 0.352 e. The Balaban J connectivity index is 2.30. The summed E-state index contributed by atoms with van der Waals surface area (Å²) in [4.78, 5) is 11.3. The molecule has 1 amide bonds. The van der Waals surface area contributed by atoms with Gasteiger partial charge in [-0.1, -0.05) is 48.1 Å². The van der Waals surface area contributed by atoms with Gasteiger partial charge in [-0.15, -0.1) is 0 Å². The van der Waals surface area contributed by atoms with Crippen LogP contribution < -0.4 is 5.32 Å². The molecule has 0 aromatic heterocycles. The third-order valence-corrected chi connectivity index (χ3v) is 2.35. The van der Waals surface area contributed by atoms with Crippen molar-refractivity contribution < 1.29 is 4.79 Å². The molecule has 1 N–H and O–H groups in total. The second-order valence-electron chi connectivity index (χ2n) is 3.91. The molecule has 0 saturated carbocycles. The zero-order valence-corrected chi connectivity index (χ0v) is 10.4. The highest BCUT2D eigenvalue weighted by atomic mass is 16.1. The smallest absolute Gasteiger partial charge is 0.243 e. The third-order valence-electron chi connectivity index (χ3n) is 2.35. The molecule has 0 unspecified atom stereocenters. The summed E-state index contributed by atoms with van der Waals surface area (Å²) >= 11 is 0. The van der Waals surface area contributed by atoms with Crippen LogP contribution in [0.5, 0.6) is 0 Å². The molecule has 2 heteroatoms. The summed E-state index contributed by atoms with van der Waals surface area (Å²) in [6, 6.07) is 8.33. The number of carbonyl (C=O) groups is 1. The van der Waals surface area contributed by atoms with Gasteiger partial charge in [-0.25, -0.2) is 0 Å². The highest BCUT2D eigenvalue weighted by Gasteiger charge is 1.96. The van der Waals surface area contributed by atoms with Crippen LogP contribution in [-0.2, 0) is 11.2 Å². The summed E-state index contributed by atoms with van der Waals surface area (Å²) < 4.78 is 0. The van der Waals surface area contributed by atoms with Crippen molar-refractivity contribution in [2.24, 2.45) is 0 Å². The van der Waals surface area contributed by atoms with Crippen molar-refractivity contribution in [1.82, 2.24) is 5.32 Å². The van der Waals surface area contributed by atoms with Gasteiger partial charge in [0.15, 0.2) is 0 Å². The van der Waals surface area contributed by atoms with E-state index in [-0.39, 0.29) is 5.91 Å². The van der Waals surface area contributed by atoms with E-state index in [4.69, 9.17) is 0 Å². The van der Waals surface area contributed by atoms with Crippen LogP contribution in [-0.4, -0.2) is 12.5 Å². The highest BCUT2D eigenvalue weighted by molar-refractivity contribution is 5.87. The summed E-state index contributed by atoms with van der Waals surface area (Å²) in [5.41, 5.74) is 2.50. The molecule has 0 bridgehead atoms. The van der Waals surface area contributed by atoms with Gasteiger partial charge in [0.1, 0.15) is 0 Å². The Morgan fingerprint density at radius 2 is 2.18 bits per heavy atom. The van der Waals surface area contributed by atoms with Crippen LogP contribution in [0.2, 0.25) is 0 Å². The molecule has 0 saturated heterocycles. The lowest BCUT2D eigenvalue weighted by atomic mass is 10.1. The first-order chi connectivity index (χ1) is 8.22. The Morgan fingerprint density at radius 1 is 1.35 bits per heavy atom. The van der Waals surface area contributed by atoms with Gasteiger partial charge in [0, 0.05) is 12.6 Å². The summed E-state index contributed by atoms with van der Waals surface area (Å²) in [6.07, 6.45) is 7.86. The van der Waals surface area contributed by atoms with Crippen LogP contribution in [0.15, 0.2) is 48.6 Å². The number of carbonyl (C=O) groups excluding carboxylic acids is 1. The van der Waals surface area contributed by atoms with Gasteiger partial charge >= 0.3 is 0 Å². The van der Waals surface area contributed by atoms with E-state index < -0.39 is 0 Å². The number of hydrogen-bond acceptors (Lipinski definition) is 1. The molecule has 1 aromatic carbocycles. The second-order valence-corrected chi connectivity index (χ2v) is 3.91. The Kier molecular flexibility index (Phi) is 5.80. The molecule has 1 rings (SSSR count). The van der Waals surface area contributed by atoms with E-state index in [2.05, 4.69) is 30.4 Å². The summed E-state index contributed by atoms with van der Waals surface area (Å²) in [5.74, 6) is -0.0456. The fraction of sp³-hybridized carbons (Fsp3) is 0.267. The van der Waals surface area contributed by atoms with Gasteiger partial charge in [0.25, 0.3) is 0 Å². The number of amides is 1. The van der Waals surface area contributed by atoms with E-state index in [0.29, 0.717) is 6.54 Å². The molecule has 0 radical (unpaired) electrons. The Morgan fingerprint density at radius 3 is 2.88 bits per heavy atom. The molecule has 0 aliphatic carbocycles. The SMILES string of the molecule is C/C=C/C=CC(=O)NCCc1cccc(C)c1. The van der Waals surface area contributed by atoms with Gasteiger partial charge in [0.05, 0.1) is 0 Å². The predicted octanol–water partition coefficient (Wildman–Crippen LogP) is 2.79. The van der Waals surface area contributed by atoms with Crippen molar-refractivity contribution in [3.05, 3.63) is 59.7 Å². The number of benzene rings is 1. The van der Waals surface area contributed by atoms with Crippen molar-refractivity contribution in [3.63, 3.8) is 0 Å². The van der Waals surface area contributed by atoms with Crippen LogP contribution >= 0.6 is 0 Å². The first kappa shape index (κ1) is 13.2. The van der Waals surface area contributed by atoms with E-state index in [1.165, 1.54) is 17.2 Å². The van der Waals surface area contributed by atoms with Gasteiger partial charge in [-0.2, -0.15) is 0 Å². The van der Waals surface area contributed by atoms with Gasteiger partial charge in [-0.3, -0.25) is 4.79 Å². The maximum absolute atomic E-state index is 11.3. The van der Waals surface area contributed by atoms with Crippen LogP contribution in [0.4, 0.5) is 0 Å². The molecule has 17 heavy (non-hydrogen) atoms. The predicted molar refractivity (Wildman–Crippen MR) is 71.8 cm³/mol. The zero-order valence-electron chi connectivity index (χ0n) is 10.4. The molecule has 0 atom stereocenters. The summed E-state index contributed by atoms with van der Waals surface area (Å²) in [7, 11) is 0. The topological polar surface area (TPSA) is 29.1 Å². The second kappa shape index (κ2) is 7.44. The average molecular weight is 229 g/mol. The average Bonchev–Trinajstić information content (AvgIpc) is 2.29. The summed E-state index contributed by atoms with van der Waals surface area (Å²) in [6.45, 7) is 4.66. The van der Waals surface area contributed by atoms with Crippen molar-refractivity contribution in [2.45, 2.75) is 20.3 Å². The van der Waals surface area contributed by atoms with E-state index in [1.54, 1.807) is 6.08 Å². The van der Waals surface area contributed by atoms with E-state index in [0.717, 1.165) is 6.42 Å². The minimum atomic E-state index is -0.0456. The Bertz CT molecular complexity index is 419.